The topological polar surface area (TPSA) is 86.5 Å². The van der Waals surface area contributed by atoms with E-state index in [1.165, 1.54) is 10.5 Å². The molecular formula is C21H17NO6. The Morgan fingerprint density at radius 1 is 1.18 bits per heavy atom. The number of hydrogen-bond donors (Lipinski definition) is 1. The van der Waals surface area contributed by atoms with Gasteiger partial charge in [0.1, 0.15) is 5.56 Å². The maximum Gasteiger partial charge on any atom is 0.341 e. The summed E-state index contributed by atoms with van der Waals surface area (Å²) in [6, 6.07) is 8.87. The van der Waals surface area contributed by atoms with E-state index in [1.807, 2.05) is 18.2 Å². The van der Waals surface area contributed by atoms with Gasteiger partial charge in [-0.15, -0.1) is 0 Å². The van der Waals surface area contributed by atoms with Crippen LogP contribution in [-0.2, 0) is 0 Å². The fourth-order valence-corrected chi connectivity index (χ4v) is 3.75. The second-order valence-corrected chi connectivity index (χ2v) is 6.95. The van der Waals surface area contributed by atoms with Crippen LogP contribution in [0.2, 0.25) is 0 Å². The van der Waals surface area contributed by atoms with Crippen molar-refractivity contribution >= 4 is 11.5 Å². The van der Waals surface area contributed by atoms with Crippen LogP contribution in [0, 0.1) is 0 Å². The van der Waals surface area contributed by atoms with Crippen molar-refractivity contribution < 1.29 is 24.1 Å². The van der Waals surface area contributed by atoms with Crippen LogP contribution in [0.3, 0.4) is 0 Å². The van der Waals surface area contributed by atoms with Crippen LogP contribution in [0.5, 0.6) is 17.2 Å². The quantitative estimate of drug-likeness (QED) is 0.749. The van der Waals surface area contributed by atoms with Crippen molar-refractivity contribution in [1.29, 1.82) is 0 Å². The van der Waals surface area contributed by atoms with E-state index in [9.17, 15) is 14.7 Å². The number of carboxylic acid groups (broad SMARTS) is 1. The van der Waals surface area contributed by atoms with Gasteiger partial charge in [0.25, 0.3) is 5.56 Å². The molecular weight excluding hydrogens is 362 g/mol. The highest BCUT2D eigenvalue weighted by Gasteiger charge is 2.30. The van der Waals surface area contributed by atoms with Gasteiger partial charge in [0.15, 0.2) is 17.2 Å². The first-order valence-electron chi connectivity index (χ1n) is 8.98. The van der Waals surface area contributed by atoms with E-state index in [4.69, 9.17) is 14.2 Å². The van der Waals surface area contributed by atoms with E-state index >= 15 is 0 Å². The number of carbonyl (C=O) groups is 1. The first-order chi connectivity index (χ1) is 13.6. The Bertz CT molecular complexity index is 1190. The van der Waals surface area contributed by atoms with Gasteiger partial charge in [0.05, 0.1) is 12.6 Å². The standard InChI is InChI=1S/C21H17NO6/c1-26-19-13(12-4-5-16-17(8-12)28-10-27-16)6-7-22-18(19)14(11-2-3-11)9-15(20(22)23)21(24)25/h4-9,11H,2-3,10H2,1H3,(H,24,25). The molecule has 0 amide bonds. The lowest BCUT2D eigenvalue weighted by Gasteiger charge is -2.16. The molecule has 0 saturated heterocycles. The Kier molecular flexibility index (Phi) is 3.58. The molecule has 1 aliphatic heterocycles. The van der Waals surface area contributed by atoms with Crippen LogP contribution in [0.4, 0.5) is 0 Å². The summed E-state index contributed by atoms with van der Waals surface area (Å²) in [5.41, 5.74) is 2.32. The number of benzene rings is 1. The molecule has 5 rings (SSSR count). The first kappa shape index (κ1) is 16.7. The normalized spacial score (nSPS) is 15.0. The summed E-state index contributed by atoms with van der Waals surface area (Å²) >= 11 is 0. The van der Waals surface area contributed by atoms with Gasteiger partial charge < -0.3 is 19.3 Å². The lowest BCUT2D eigenvalue weighted by Crippen LogP contribution is -2.23. The molecule has 2 aromatic heterocycles. The van der Waals surface area contributed by atoms with Gasteiger partial charge in [-0.1, -0.05) is 6.07 Å². The highest BCUT2D eigenvalue weighted by atomic mass is 16.7. The molecule has 7 heteroatoms. The third kappa shape index (κ3) is 2.43. The van der Waals surface area contributed by atoms with E-state index in [1.54, 1.807) is 19.4 Å². The van der Waals surface area contributed by atoms with Crippen LogP contribution < -0.4 is 19.8 Å². The molecule has 1 saturated carbocycles. The van der Waals surface area contributed by atoms with Gasteiger partial charge >= 0.3 is 5.97 Å². The summed E-state index contributed by atoms with van der Waals surface area (Å²) in [6.07, 6.45) is 3.53. The minimum absolute atomic E-state index is 0.187. The van der Waals surface area contributed by atoms with E-state index in [0.29, 0.717) is 22.8 Å². The summed E-state index contributed by atoms with van der Waals surface area (Å²) in [7, 11) is 1.55. The number of aromatic nitrogens is 1. The molecule has 0 unspecified atom stereocenters. The molecule has 3 heterocycles. The van der Waals surface area contributed by atoms with Crippen molar-refractivity contribution in [1.82, 2.24) is 4.40 Å². The third-order valence-corrected chi connectivity index (χ3v) is 5.25. The minimum Gasteiger partial charge on any atom is -0.494 e. The molecule has 1 aliphatic carbocycles. The number of aromatic carboxylic acids is 1. The summed E-state index contributed by atoms with van der Waals surface area (Å²) < 4.78 is 18.0. The van der Waals surface area contributed by atoms with Gasteiger partial charge in [-0.3, -0.25) is 9.20 Å². The fraction of sp³-hybridized carbons (Fsp3) is 0.238. The van der Waals surface area contributed by atoms with Gasteiger partial charge in [-0.25, -0.2) is 4.79 Å². The van der Waals surface area contributed by atoms with Crippen molar-refractivity contribution in [3.63, 3.8) is 0 Å². The van der Waals surface area contributed by atoms with E-state index in [2.05, 4.69) is 0 Å². The van der Waals surface area contributed by atoms with Gasteiger partial charge in [-0.05, 0) is 54.2 Å². The van der Waals surface area contributed by atoms with Crippen molar-refractivity contribution in [2.75, 3.05) is 13.9 Å². The molecule has 3 aromatic rings. The Hall–Kier alpha value is -3.48. The largest absolute Gasteiger partial charge is 0.494 e. The monoisotopic (exact) mass is 379 g/mol. The minimum atomic E-state index is -1.22. The number of nitrogens with zero attached hydrogens (tertiary/aromatic N) is 1. The van der Waals surface area contributed by atoms with Crippen molar-refractivity contribution in [3.8, 4) is 28.4 Å². The molecule has 1 N–H and O–H groups in total. The smallest absolute Gasteiger partial charge is 0.341 e. The van der Waals surface area contributed by atoms with Crippen LogP contribution >= 0.6 is 0 Å². The molecule has 1 aromatic carbocycles. The zero-order valence-electron chi connectivity index (χ0n) is 15.1. The Morgan fingerprint density at radius 2 is 1.96 bits per heavy atom. The Morgan fingerprint density at radius 3 is 2.68 bits per heavy atom. The average Bonchev–Trinajstić information content (AvgIpc) is 3.43. The third-order valence-electron chi connectivity index (χ3n) is 5.25. The second-order valence-electron chi connectivity index (χ2n) is 6.95. The zero-order chi connectivity index (χ0) is 19.4. The maximum atomic E-state index is 12.7. The molecule has 0 atom stereocenters. The number of pyridine rings is 2. The van der Waals surface area contributed by atoms with Crippen LogP contribution in [0.1, 0.15) is 34.7 Å². The summed E-state index contributed by atoms with van der Waals surface area (Å²) in [6.45, 7) is 0.187. The summed E-state index contributed by atoms with van der Waals surface area (Å²) in [5.74, 6) is 0.886. The predicted octanol–water partition coefficient (Wildman–Crippen LogP) is 3.28. The molecule has 1 fully saturated rings. The molecule has 2 aliphatic rings. The van der Waals surface area contributed by atoms with E-state index in [-0.39, 0.29) is 18.3 Å². The first-order valence-corrected chi connectivity index (χ1v) is 8.98. The summed E-state index contributed by atoms with van der Waals surface area (Å²) in [5, 5.41) is 9.43. The number of hydrogen-bond acceptors (Lipinski definition) is 5. The number of methoxy groups -OCH3 is 1. The van der Waals surface area contributed by atoms with Crippen molar-refractivity contribution in [2.45, 2.75) is 18.8 Å². The van der Waals surface area contributed by atoms with Crippen molar-refractivity contribution in [3.05, 3.63) is 58.0 Å². The van der Waals surface area contributed by atoms with Gasteiger partial charge in [0.2, 0.25) is 6.79 Å². The number of carboxylic acids is 1. The van der Waals surface area contributed by atoms with E-state index in [0.717, 1.165) is 29.5 Å². The van der Waals surface area contributed by atoms with E-state index < -0.39 is 11.5 Å². The molecule has 142 valence electrons. The van der Waals surface area contributed by atoms with Gasteiger partial charge in [0, 0.05) is 11.8 Å². The van der Waals surface area contributed by atoms with Crippen LogP contribution in [0.15, 0.2) is 41.3 Å². The Balaban J connectivity index is 1.81. The maximum absolute atomic E-state index is 12.7. The Labute approximate surface area is 159 Å². The van der Waals surface area contributed by atoms with Crippen LogP contribution in [0.25, 0.3) is 16.6 Å². The second kappa shape index (κ2) is 6.02. The molecule has 0 radical (unpaired) electrons. The number of fused-ring (bicyclic) bond motifs is 2. The molecule has 7 nitrogen and oxygen atoms in total. The average molecular weight is 379 g/mol. The lowest BCUT2D eigenvalue weighted by molar-refractivity contribution is 0.0694. The van der Waals surface area contributed by atoms with Gasteiger partial charge in [-0.2, -0.15) is 0 Å². The van der Waals surface area contributed by atoms with Crippen molar-refractivity contribution in [2.24, 2.45) is 0 Å². The molecule has 28 heavy (non-hydrogen) atoms. The van der Waals surface area contributed by atoms with Crippen LogP contribution in [-0.4, -0.2) is 29.4 Å². The number of rotatable bonds is 4. The molecule has 0 spiro atoms. The fourth-order valence-electron chi connectivity index (χ4n) is 3.75. The summed E-state index contributed by atoms with van der Waals surface area (Å²) in [4.78, 5) is 24.3. The molecule has 0 bridgehead atoms. The number of ether oxygens (including phenoxy) is 3. The zero-order valence-corrected chi connectivity index (χ0v) is 15.1. The predicted molar refractivity (Wildman–Crippen MR) is 101 cm³/mol. The highest BCUT2D eigenvalue weighted by molar-refractivity contribution is 5.90. The highest BCUT2D eigenvalue weighted by Crippen LogP contribution is 2.46. The SMILES string of the molecule is COc1c(-c2ccc3c(c2)OCO3)ccn2c(=O)c(C(=O)O)cc(C3CC3)c12. The lowest BCUT2D eigenvalue weighted by atomic mass is 10.00.